The van der Waals surface area contributed by atoms with Crippen LogP contribution in [-0.2, 0) is 11.3 Å². The van der Waals surface area contributed by atoms with Crippen molar-refractivity contribution in [2.75, 3.05) is 19.6 Å². The van der Waals surface area contributed by atoms with Gasteiger partial charge in [-0.1, -0.05) is 52.7 Å². The summed E-state index contributed by atoms with van der Waals surface area (Å²) in [4.78, 5) is 34.0. The van der Waals surface area contributed by atoms with E-state index >= 15 is 0 Å². The van der Waals surface area contributed by atoms with Gasteiger partial charge < -0.3 is 9.80 Å². The number of nitrogens with zero attached hydrogens (tertiary/aromatic N) is 6. The topological polar surface area (TPSA) is 84.2 Å². The summed E-state index contributed by atoms with van der Waals surface area (Å²) >= 11 is 12.2. The van der Waals surface area contributed by atoms with Gasteiger partial charge in [0.1, 0.15) is 18.1 Å². The number of hydrogen-bond donors (Lipinski definition) is 0. The number of fused-ring (bicyclic) bond motifs is 1. The van der Waals surface area contributed by atoms with Gasteiger partial charge in [-0.15, -0.1) is 5.10 Å². The minimum atomic E-state index is -0.492. The summed E-state index contributed by atoms with van der Waals surface area (Å²) in [6.45, 7) is 2.86. The van der Waals surface area contributed by atoms with Crippen molar-refractivity contribution < 1.29 is 14.0 Å². The van der Waals surface area contributed by atoms with Crippen LogP contribution in [-0.4, -0.2) is 61.2 Å². The van der Waals surface area contributed by atoms with Crippen molar-refractivity contribution in [1.29, 1.82) is 0 Å². The molecule has 5 aromatic rings. The van der Waals surface area contributed by atoms with E-state index in [9.17, 15) is 14.0 Å². The first kappa shape index (κ1) is 27.8. The predicted octanol–water partition coefficient (Wildman–Crippen LogP) is 6.03. The monoisotopic (exact) mass is 602 g/mol. The largest absolute Gasteiger partial charge is 0.333 e. The number of benzene rings is 3. The molecule has 11 heteroatoms. The molecule has 0 unspecified atom stereocenters. The van der Waals surface area contributed by atoms with Crippen LogP contribution >= 0.6 is 23.2 Å². The molecule has 42 heavy (non-hydrogen) atoms. The Balaban J connectivity index is 1.15. The number of aromatic nitrogens is 4. The minimum absolute atomic E-state index is 0.0806. The van der Waals surface area contributed by atoms with Crippen molar-refractivity contribution in [2.45, 2.75) is 19.5 Å². The van der Waals surface area contributed by atoms with E-state index in [-0.39, 0.29) is 36.5 Å². The molecule has 1 aliphatic rings. The molecule has 0 spiro atoms. The molecule has 2 aromatic heterocycles. The molecule has 3 aromatic carbocycles. The van der Waals surface area contributed by atoms with E-state index in [1.54, 1.807) is 34.0 Å². The molecule has 0 aliphatic carbocycles. The van der Waals surface area contributed by atoms with Crippen LogP contribution in [0, 0.1) is 5.82 Å². The lowest BCUT2D eigenvalue weighted by Crippen LogP contribution is -2.51. The first-order valence-corrected chi connectivity index (χ1v) is 14.1. The molecule has 0 radical (unpaired) electrons. The maximum Gasteiger partial charge on any atom is 0.255 e. The normalized spacial score (nSPS) is 14.4. The molecule has 212 valence electrons. The molecule has 1 aliphatic heterocycles. The van der Waals surface area contributed by atoms with Crippen molar-refractivity contribution >= 4 is 45.8 Å². The second-order valence-electron chi connectivity index (χ2n) is 10.2. The summed E-state index contributed by atoms with van der Waals surface area (Å²) in [5.74, 6) is -1.07. The number of pyridine rings is 1. The fourth-order valence-corrected chi connectivity index (χ4v) is 5.55. The quantitative estimate of drug-likeness (QED) is 0.237. The lowest BCUT2D eigenvalue weighted by Gasteiger charge is -2.34. The van der Waals surface area contributed by atoms with Crippen LogP contribution in [0.25, 0.3) is 21.9 Å². The third-order valence-electron chi connectivity index (χ3n) is 7.52. The first-order valence-electron chi connectivity index (χ1n) is 13.3. The number of piperazine rings is 1. The number of rotatable bonds is 6. The molecule has 1 atom stereocenters. The highest BCUT2D eigenvalue weighted by molar-refractivity contribution is 6.42. The van der Waals surface area contributed by atoms with E-state index in [1.165, 1.54) is 23.1 Å². The smallest absolute Gasteiger partial charge is 0.255 e. The average molecular weight is 603 g/mol. The molecular weight excluding hydrogens is 578 g/mol. The number of halogens is 3. The molecule has 2 amide bonds. The minimum Gasteiger partial charge on any atom is -0.333 e. The van der Waals surface area contributed by atoms with Crippen LogP contribution in [0.3, 0.4) is 0 Å². The maximum absolute atomic E-state index is 14.2. The summed E-state index contributed by atoms with van der Waals surface area (Å²) in [6, 6.07) is 16.8. The van der Waals surface area contributed by atoms with Crippen LogP contribution in [0.5, 0.6) is 0 Å². The number of carbonyl (C=O) groups excluding carboxylic acids is 2. The Morgan fingerprint density at radius 1 is 1.05 bits per heavy atom. The van der Waals surface area contributed by atoms with Gasteiger partial charge in [0, 0.05) is 36.4 Å². The average Bonchev–Trinajstić information content (AvgIpc) is 3.47. The maximum atomic E-state index is 14.2. The number of hydrogen-bond acceptors (Lipinski definition) is 5. The molecular formula is C31H25Cl2FN6O2. The molecule has 0 saturated carbocycles. The summed E-state index contributed by atoms with van der Waals surface area (Å²) in [5, 5.41) is 11.4. The standard InChI is InChI=1S/C31H25Cl2FN6O2/c1-19(24-4-2-3-21-15-35-10-9-25(21)24)40-17-23(36-37-40)16-38-11-12-39(18-30(38)41)31(42)26-7-6-22(34)14-27(26)20-5-8-28(32)29(33)13-20/h2-10,13-15,17,19H,11-12,16,18H2,1H3/t19-/m1/s1. The van der Waals surface area contributed by atoms with Gasteiger partial charge in [-0.25, -0.2) is 9.07 Å². The zero-order chi connectivity index (χ0) is 29.4. The van der Waals surface area contributed by atoms with Gasteiger partial charge in [-0.3, -0.25) is 14.6 Å². The van der Waals surface area contributed by atoms with E-state index in [0.29, 0.717) is 40.0 Å². The van der Waals surface area contributed by atoms with Gasteiger partial charge in [0.05, 0.1) is 28.8 Å². The van der Waals surface area contributed by atoms with Crippen molar-refractivity contribution in [3.63, 3.8) is 0 Å². The Bertz CT molecular complexity index is 1820. The summed E-state index contributed by atoms with van der Waals surface area (Å²) in [7, 11) is 0. The van der Waals surface area contributed by atoms with E-state index in [4.69, 9.17) is 23.2 Å². The fourth-order valence-electron chi connectivity index (χ4n) is 5.25. The second-order valence-corrected chi connectivity index (χ2v) is 11.0. The fraction of sp³-hybridized carbons (Fsp3) is 0.194. The van der Waals surface area contributed by atoms with Crippen LogP contribution in [0.4, 0.5) is 4.39 Å². The molecule has 1 fully saturated rings. The predicted molar refractivity (Wildman–Crippen MR) is 159 cm³/mol. The number of amides is 2. The van der Waals surface area contributed by atoms with E-state index in [2.05, 4.69) is 21.4 Å². The zero-order valence-electron chi connectivity index (χ0n) is 22.5. The zero-order valence-corrected chi connectivity index (χ0v) is 24.1. The summed E-state index contributed by atoms with van der Waals surface area (Å²) < 4.78 is 16.0. The number of carbonyl (C=O) groups is 2. The van der Waals surface area contributed by atoms with Crippen LogP contribution in [0.1, 0.15) is 34.6 Å². The van der Waals surface area contributed by atoms with Crippen LogP contribution in [0.2, 0.25) is 10.0 Å². The molecule has 3 heterocycles. The Morgan fingerprint density at radius 3 is 2.71 bits per heavy atom. The van der Waals surface area contributed by atoms with Gasteiger partial charge in [0.15, 0.2) is 0 Å². The van der Waals surface area contributed by atoms with Crippen LogP contribution in [0.15, 0.2) is 79.3 Å². The van der Waals surface area contributed by atoms with Gasteiger partial charge >= 0.3 is 0 Å². The highest BCUT2D eigenvalue weighted by Crippen LogP contribution is 2.32. The second kappa shape index (κ2) is 11.5. The van der Waals surface area contributed by atoms with Crippen LogP contribution < -0.4 is 0 Å². The highest BCUT2D eigenvalue weighted by Gasteiger charge is 2.30. The lowest BCUT2D eigenvalue weighted by molar-refractivity contribution is -0.135. The Morgan fingerprint density at radius 2 is 1.90 bits per heavy atom. The Kier molecular flexibility index (Phi) is 7.62. The third kappa shape index (κ3) is 5.45. The Labute approximate surface area is 251 Å². The van der Waals surface area contributed by atoms with E-state index in [1.807, 2.05) is 37.5 Å². The molecule has 1 saturated heterocycles. The Hall–Kier alpha value is -4.34. The van der Waals surface area contributed by atoms with Crippen molar-refractivity contribution in [1.82, 2.24) is 29.8 Å². The summed E-state index contributed by atoms with van der Waals surface area (Å²) in [6.07, 6.45) is 5.45. The van der Waals surface area contributed by atoms with E-state index < -0.39 is 5.82 Å². The van der Waals surface area contributed by atoms with E-state index in [0.717, 1.165) is 16.3 Å². The molecule has 0 bridgehead atoms. The molecule has 8 nitrogen and oxygen atoms in total. The highest BCUT2D eigenvalue weighted by atomic mass is 35.5. The van der Waals surface area contributed by atoms with Gasteiger partial charge in [0.2, 0.25) is 5.91 Å². The van der Waals surface area contributed by atoms with Crippen molar-refractivity contribution in [3.8, 4) is 11.1 Å². The van der Waals surface area contributed by atoms with Gasteiger partial charge in [0.25, 0.3) is 5.91 Å². The van der Waals surface area contributed by atoms with Gasteiger partial charge in [-0.05, 0) is 65.4 Å². The summed E-state index contributed by atoms with van der Waals surface area (Å²) in [5.41, 5.74) is 2.95. The van der Waals surface area contributed by atoms with Gasteiger partial charge in [-0.2, -0.15) is 0 Å². The lowest BCUT2D eigenvalue weighted by atomic mass is 9.98. The van der Waals surface area contributed by atoms with Crippen molar-refractivity contribution in [3.05, 3.63) is 112 Å². The SMILES string of the molecule is C[C@H](c1cccc2cnccc12)n1cc(CN2CCN(C(=O)c3ccc(F)cc3-c3ccc(Cl)c(Cl)c3)CC2=O)nn1. The molecule has 0 N–H and O–H groups in total. The third-order valence-corrected chi connectivity index (χ3v) is 8.26. The first-order chi connectivity index (χ1) is 20.3. The van der Waals surface area contributed by atoms with Crippen molar-refractivity contribution in [2.24, 2.45) is 0 Å². The molecule has 6 rings (SSSR count).